The first-order valence-corrected chi connectivity index (χ1v) is 7.54. The molecule has 1 amide bonds. The highest BCUT2D eigenvalue weighted by molar-refractivity contribution is 5.93. The van der Waals surface area contributed by atoms with Crippen molar-refractivity contribution in [1.82, 2.24) is 20.2 Å². The molecular weight excluding hydrogens is 317 g/mol. The van der Waals surface area contributed by atoms with Crippen LogP contribution in [0.15, 0.2) is 18.2 Å². The summed E-state index contributed by atoms with van der Waals surface area (Å²) < 4.78 is 15.2. The predicted molar refractivity (Wildman–Crippen MR) is 80.9 cm³/mol. The molecule has 2 N–H and O–H groups in total. The zero-order valence-corrected chi connectivity index (χ0v) is 12.9. The molecule has 1 fully saturated rings. The van der Waals surface area contributed by atoms with Crippen LogP contribution in [0.1, 0.15) is 25.1 Å². The van der Waals surface area contributed by atoms with Gasteiger partial charge in [0.15, 0.2) is 5.82 Å². The quantitative estimate of drug-likeness (QED) is 0.878. The van der Waals surface area contributed by atoms with Gasteiger partial charge in [-0.05, 0) is 54.8 Å². The Bertz CT molecular complexity index is 791. The Balaban J connectivity index is 1.75. The van der Waals surface area contributed by atoms with Crippen LogP contribution < -0.4 is 5.32 Å². The van der Waals surface area contributed by atoms with Crippen molar-refractivity contribution in [3.8, 4) is 5.69 Å². The second-order valence-electron chi connectivity index (χ2n) is 5.84. The maximum atomic E-state index is 14.0. The fraction of sp³-hybridized carbons (Fsp3) is 0.400. The maximum Gasteiger partial charge on any atom is 0.306 e. The van der Waals surface area contributed by atoms with E-state index >= 15 is 0 Å². The Hall–Kier alpha value is -2.84. The van der Waals surface area contributed by atoms with Crippen molar-refractivity contribution in [2.24, 2.45) is 11.8 Å². The Labute approximate surface area is 136 Å². The van der Waals surface area contributed by atoms with Crippen LogP contribution in [0.5, 0.6) is 0 Å². The number of hydrogen-bond donors (Lipinski definition) is 2. The normalized spacial score (nSPS) is 20.1. The Kier molecular flexibility index (Phi) is 4.24. The molecule has 1 saturated carbocycles. The lowest BCUT2D eigenvalue weighted by Gasteiger charge is -2.12. The second kappa shape index (κ2) is 6.34. The predicted octanol–water partition coefficient (Wildman–Crippen LogP) is 1.55. The van der Waals surface area contributed by atoms with E-state index in [1.165, 1.54) is 22.9 Å². The van der Waals surface area contributed by atoms with E-state index in [9.17, 15) is 14.0 Å². The summed E-state index contributed by atoms with van der Waals surface area (Å²) in [5.41, 5.74) is 0.537. The largest absolute Gasteiger partial charge is 0.481 e. The van der Waals surface area contributed by atoms with Crippen molar-refractivity contribution >= 4 is 17.6 Å². The van der Waals surface area contributed by atoms with Crippen LogP contribution in [0.4, 0.5) is 10.1 Å². The van der Waals surface area contributed by atoms with Crippen LogP contribution in [-0.2, 0) is 9.59 Å². The van der Waals surface area contributed by atoms with Gasteiger partial charge in [-0.25, -0.2) is 4.39 Å². The number of nitrogens with zero attached hydrogens (tertiary/aromatic N) is 4. The molecule has 0 spiro atoms. The molecule has 0 bridgehead atoms. The van der Waals surface area contributed by atoms with Crippen molar-refractivity contribution in [2.45, 2.75) is 26.2 Å². The first-order valence-electron chi connectivity index (χ1n) is 7.54. The summed E-state index contributed by atoms with van der Waals surface area (Å²) >= 11 is 0. The molecule has 0 aliphatic heterocycles. The topological polar surface area (TPSA) is 110 Å². The average molecular weight is 333 g/mol. The number of aryl methyl sites for hydroxylation is 1. The van der Waals surface area contributed by atoms with Gasteiger partial charge in [-0.2, -0.15) is 4.68 Å². The van der Waals surface area contributed by atoms with Crippen LogP contribution in [0.2, 0.25) is 0 Å². The highest BCUT2D eigenvalue weighted by Crippen LogP contribution is 2.32. The number of benzene rings is 1. The van der Waals surface area contributed by atoms with Crippen LogP contribution in [0.3, 0.4) is 0 Å². The van der Waals surface area contributed by atoms with Gasteiger partial charge in [-0.1, -0.05) is 0 Å². The van der Waals surface area contributed by atoms with E-state index in [-0.39, 0.29) is 17.5 Å². The number of amides is 1. The average Bonchev–Trinajstić information content (AvgIpc) is 3.18. The van der Waals surface area contributed by atoms with Gasteiger partial charge in [0.2, 0.25) is 5.91 Å². The summed E-state index contributed by atoms with van der Waals surface area (Å²) in [6, 6.07) is 4.11. The zero-order chi connectivity index (χ0) is 17.3. The second-order valence-corrected chi connectivity index (χ2v) is 5.84. The third-order valence-electron chi connectivity index (χ3n) is 4.22. The molecule has 1 aromatic carbocycles. The molecule has 2 aromatic rings. The number of carboxylic acid groups (broad SMARTS) is 1. The van der Waals surface area contributed by atoms with E-state index in [1.54, 1.807) is 6.92 Å². The number of rotatable bonds is 4. The van der Waals surface area contributed by atoms with Gasteiger partial charge in [-0.3, -0.25) is 9.59 Å². The van der Waals surface area contributed by atoms with E-state index in [0.717, 1.165) is 0 Å². The third kappa shape index (κ3) is 3.10. The fourth-order valence-electron chi connectivity index (χ4n) is 2.90. The highest BCUT2D eigenvalue weighted by Gasteiger charge is 2.33. The summed E-state index contributed by atoms with van der Waals surface area (Å²) in [6.45, 7) is 1.63. The van der Waals surface area contributed by atoms with E-state index in [1.807, 2.05) is 0 Å². The van der Waals surface area contributed by atoms with Crippen molar-refractivity contribution in [1.29, 1.82) is 0 Å². The zero-order valence-electron chi connectivity index (χ0n) is 12.9. The van der Waals surface area contributed by atoms with Crippen molar-refractivity contribution < 1.29 is 19.1 Å². The standard InChI is InChI=1S/C15H16FN5O3/c1-8-18-19-20-21(8)13-7-11(4-5-12(13)16)17-14(22)9-2-3-10(6-9)15(23)24/h4-5,7,9-10H,2-3,6H2,1H3,(H,17,22)(H,23,24)/t9-,10+/m1/s1. The molecule has 1 aliphatic rings. The molecule has 0 unspecified atom stereocenters. The number of carboxylic acids is 1. The fourth-order valence-corrected chi connectivity index (χ4v) is 2.90. The van der Waals surface area contributed by atoms with E-state index < -0.39 is 17.7 Å². The first-order chi connectivity index (χ1) is 11.5. The SMILES string of the molecule is Cc1nnnn1-c1cc(NC(=O)[C@@H]2CC[C@H](C(=O)O)C2)ccc1F. The van der Waals surface area contributed by atoms with E-state index in [0.29, 0.717) is 30.8 Å². The summed E-state index contributed by atoms with van der Waals surface area (Å²) in [5, 5.41) is 22.6. The molecule has 9 heteroatoms. The minimum atomic E-state index is -0.872. The minimum absolute atomic E-state index is 0.130. The third-order valence-corrected chi connectivity index (χ3v) is 4.22. The van der Waals surface area contributed by atoms with Crippen LogP contribution in [0, 0.1) is 24.6 Å². The van der Waals surface area contributed by atoms with Gasteiger partial charge in [0.05, 0.1) is 5.92 Å². The molecule has 8 nitrogen and oxygen atoms in total. The van der Waals surface area contributed by atoms with Gasteiger partial charge in [0.25, 0.3) is 0 Å². The van der Waals surface area contributed by atoms with Crippen LogP contribution in [0.25, 0.3) is 5.69 Å². The number of nitrogens with one attached hydrogen (secondary N) is 1. The number of halogens is 1. The van der Waals surface area contributed by atoms with Crippen LogP contribution >= 0.6 is 0 Å². The molecule has 1 aromatic heterocycles. The van der Waals surface area contributed by atoms with E-state index in [2.05, 4.69) is 20.8 Å². The minimum Gasteiger partial charge on any atom is -0.481 e. The van der Waals surface area contributed by atoms with Crippen molar-refractivity contribution in [3.05, 3.63) is 29.8 Å². The number of anilines is 1. The summed E-state index contributed by atoms with van der Waals surface area (Å²) in [5.74, 6) is -2.07. The molecule has 2 atom stereocenters. The molecular formula is C15H16FN5O3. The molecule has 1 aliphatic carbocycles. The molecule has 0 saturated heterocycles. The Morgan fingerprint density at radius 3 is 2.71 bits per heavy atom. The number of carbonyl (C=O) groups is 2. The lowest BCUT2D eigenvalue weighted by molar-refractivity contribution is -0.141. The van der Waals surface area contributed by atoms with E-state index in [4.69, 9.17) is 5.11 Å². The molecule has 0 radical (unpaired) electrons. The lowest BCUT2D eigenvalue weighted by atomic mass is 10.0. The van der Waals surface area contributed by atoms with Gasteiger partial charge in [0, 0.05) is 11.6 Å². The Morgan fingerprint density at radius 2 is 2.08 bits per heavy atom. The van der Waals surface area contributed by atoms with Crippen LogP contribution in [-0.4, -0.2) is 37.2 Å². The smallest absolute Gasteiger partial charge is 0.306 e. The number of tetrazole rings is 1. The molecule has 1 heterocycles. The molecule has 126 valence electrons. The summed E-state index contributed by atoms with van der Waals surface area (Å²) in [4.78, 5) is 23.3. The van der Waals surface area contributed by atoms with Gasteiger partial charge < -0.3 is 10.4 Å². The lowest BCUT2D eigenvalue weighted by Crippen LogP contribution is -2.22. The van der Waals surface area contributed by atoms with Crippen molar-refractivity contribution in [2.75, 3.05) is 5.32 Å². The number of hydrogen-bond acceptors (Lipinski definition) is 5. The molecule has 24 heavy (non-hydrogen) atoms. The number of aliphatic carboxylic acids is 1. The number of aromatic nitrogens is 4. The highest BCUT2D eigenvalue weighted by atomic mass is 19.1. The van der Waals surface area contributed by atoms with Gasteiger partial charge in [0.1, 0.15) is 11.5 Å². The number of carbonyl (C=O) groups excluding carboxylic acids is 1. The maximum absolute atomic E-state index is 14.0. The van der Waals surface area contributed by atoms with Crippen molar-refractivity contribution in [3.63, 3.8) is 0 Å². The first kappa shape index (κ1) is 16.0. The van der Waals surface area contributed by atoms with Gasteiger partial charge >= 0.3 is 5.97 Å². The summed E-state index contributed by atoms with van der Waals surface area (Å²) in [6.07, 6.45) is 1.34. The summed E-state index contributed by atoms with van der Waals surface area (Å²) in [7, 11) is 0. The molecule has 3 rings (SSSR count). The Morgan fingerprint density at radius 1 is 1.33 bits per heavy atom. The van der Waals surface area contributed by atoms with Gasteiger partial charge in [-0.15, -0.1) is 5.10 Å². The monoisotopic (exact) mass is 333 g/mol.